The van der Waals surface area contributed by atoms with Gasteiger partial charge in [-0.05, 0) is 11.8 Å². The molecule has 0 amide bonds. The molecule has 1 aromatic carbocycles. The average Bonchev–Trinajstić information content (AvgIpc) is 2.43. The van der Waals surface area contributed by atoms with E-state index in [-0.39, 0.29) is 5.41 Å². The van der Waals surface area contributed by atoms with E-state index >= 15 is 0 Å². The topological polar surface area (TPSA) is 65.7 Å². The number of hydrogen-bond donors (Lipinski definition) is 2. The van der Waals surface area contributed by atoms with Gasteiger partial charge < -0.3 is 25.3 Å². The molecule has 0 radical (unpaired) electrons. The van der Waals surface area contributed by atoms with Crippen LogP contribution in [0.25, 0.3) is 0 Å². The molecule has 1 aliphatic rings. The fourth-order valence-electron chi connectivity index (χ4n) is 2.06. The number of methoxy groups -OCH3 is 1. The molecule has 5 heteroatoms. The van der Waals surface area contributed by atoms with Crippen molar-refractivity contribution in [2.75, 3.05) is 44.5 Å². The van der Waals surface area contributed by atoms with Crippen LogP contribution in [0, 0.1) is 5.41 Å². The molecule has 5 nitrogen and oxygen atoms in total. The monoisotopic (exact) mass is 280 g/mol. The first-order chi connectivity index (χ1) is 9.52. The van der Waals surface area contributed by atoms with Gasteiger partial charge >= 0.3 is 0 Å². The van der Waals surface area contributed by atoms with Crippen LogP contribution < -0.4 is 20.5 Å². The number of nitrogen functional groups attached to an aromatic ring is 1. The summed E-state index contributed by atoms with van der Waals surface area (Å²) in [5.74, 6) is 1.47. The van der Waals surface area contributed by atoms with Crippen molar-refractivity contribution >= 4 is 11.4 Å². The number of hydrogen-bond acceptors (Lipinski definition) is 5. The summed E-state index contributed by atoms with van der Waals surface area (Å²) in [6.45, 7) is 7.13. The van der Waals surface area contributed by atoms with E-state index < -0.39 is 0 Å². The van der Waals surface area contributed by atoms with Gasteiger partial charge in [-0.3, -0.25) is 0 Å². The number of anilines is 2. The summed E-state index contributed by atoms with van der Waals surface area (Å²) in [4.78, 5) is 0. The van der Waals surface area contributed by atoms with Gasteiger partial charge in [-0.1, -0.05) is 13.8 Å². The van der Waals surface area contributed by atoms with Crippen molar-refractivity contribution in [3.8, 4) is 11.5 Å². The zero-order valence-corrected chi connectivity index (χ0v) is 12.5. The van der Waals surface area contributed by atoms with E-state index in [0.717, 1.165) is 36.8 Å². The van der Waals surface area contributed by atoms with Crippen LogP contribution >= 0.6 is 0 Å². The minimum absolute atomic E-state index is 0.135. The Balaban J connectivity index is 2.02. The summed E-state index contributed by atoms with van der Waals surface area (Å²) in [5, 5.41) is 3.40. The molecule has 0 saturated carbocycles. The van der Waals surface area contributed by atoms with Crippen LogP contribution in [0.5, 0.6) is 11.5 Å². The van der Waals surface area contributed by atoms with Gasteiger partial charge in [0, 0.05) is 32.4 Å². The minimum Gasteiger partial charge on any atom is -0.486 e. The number of nitrogens with one attached hydrogen (secondary N) is 1. The molecule has 0 aliphatic carbocycles. The Morgan fingerprint density at radius 1 is 1.25 bits per heavy atom. The molecule has 1 heterocycles. The van der Waals surface area contributed by atoms with Crippen LogP contribution in [0.1, 0.15) is 20.3 Å². The maximum atomic E-state index is 6.05. The van der Waals surface area contributed by atoms with E-state index in [1.807, 2.05) is 12.1 Å². The van der Waals surface area contributed by atoms with Crippen molar-refractivity contribution in [3.63, 3.8) is 0 Å². The van der Waals surface area contributed by atoms with Crippen LogP contribution in [0.2, 0.25) is 0 Å². The van der Waals surface area contributed by atoms with E-state index in [1.54, 1.807) is 7.11 Å². The maximum Gasteiger partial charge on any atom is 0.163 e. The largest absolute Gasteiger partial charge is 0.486 e. The van der Waals surface area contributed by atoms with Gasteiger partial charge in [-0.2, -0.15) is 0 Å². The molecule has 1 aliphatic heterocycles. The third-order valence-corrected chi connectivity index (χ3v) is 3.45. The molecule has 0 saturated heterocycles. The average molecular weight is 280 g/mol. The molecule has 0 spiro atoms. The smallest absolute Gasteiger partial charge is 0.163 e. The van der Waals surface area contributed by atoms with Crippen molar-refractivity contribution < 1.29 is 14.2 Å². The highest BCUT2D eigenvalue weighted by atomic mass is 16.6. The zero-order valence-electron chi connectivity index (χ0n) is 12.5. The predicted molar refractivity (Wildman–Crippen MR) is 80.6 cm³/mol. The Bertz CT molecular complexity index is 461. The fraction of sp³-hybridized carbons (Fsp3) is 0.600. The maximum absolute atomic E-state index is 6.05. The second kappa shape index (κ2) is 6.22. The van der Waals surface area contributed by atoms with Crippen molar-refractivity contribution in [2.45, 2.75) is 20.3 Å². The first-order valence-electron chi connectivity index (χ1n) is 6.94. The predicted octanol–water partition coefficient (Wildman–Crippen LogP) is 2.51. The highest BCUT2D eigenvalue weighted by molar-refractivity contribution is 5.72. The SMILES string of the molecule is COCCC(C)(C)CNc1cc2c(cc1N)OCCO2. The van der Waals surface area contributed by atoms with E-state index in [0.29, 0.717) is 18.9 Å². The van der Waals surface area contributed by atoms with Gasteiger partial charge in [-0.15, -0.1) is 0 Å². The summed E-state index contributed by atoms with van der Waals surface area (Å²) in [5.41, 5.74) is 7.75. The standard InChI is InChI=1S/C15H24N2O3/c1-15(2,4-5-18-3)10-17-12-9-14-13(8-11(12)16)19-6-7-20-14/h8-9,17H,4-7,10,16H2,1-3H3. The van der Waals surface area contributed by atoms with Gasteiger partial charge in [0.15, 0.2) is 11.5 Å². The normalized spacial score (nSPS) is 14.2. The molecular weight excluding hydrogens is 256 g/mol. The third-order valence-electron chi connectivity index (χ3n) is 3.45. The Morgan fingerprint density at radius 2 is 1.90 bits per heavy atom. The lowest BCUT2D eigenvalue weighted by atomic mass is 9.89. The molecule has 0 unspecified atom stereocenters. The number of ether oxygens (including phenoxy) is 3. The van der Waals surface area contributed by atoms with Crippen LogP contribution in [-0.2, 0) is 4.74 Å². The van der Waals surface area contributed by atoms with Gasteiger partial charge in [0.25, 0.3) is 0 Å². The van der Waals surface area contributed by atoms with Crippen molar-refractivity contribution in [1.29, 1.82) is 0 Å². The Hall–Kier alpha value is -1.62. The first kappa shape index (κ1) is 14.8. The molecule has 0 atom stereocenters. The van der Waals surface area contributed by atoms with Crippen LogP contribution in [0.15, 0.2) is 12.1 Å². The lowest BCUT2D eigenvalue weighted by Gasteiger charge is -2.26. The van der Waals surface area contributed by atoms with Gasteiger partial charge in [0.1, 0.15) is 13.2 Å². The molecule has 0 aromatic heterocycles. The molecule has 20 heavy (non-hydrogen) atoms. The summed E-state index contributed by atoms with van der Waals surface area (Å²) >= 11 is 0. The number of rotatable bonds is 6. The van der Waals surface area contributed by atoms with Crippen molar-refractivity contribution in [3.05, 3.63) is 12.1 Å². The summed E-state index contributed by atoms with van der Waals surface area (Å²) < 4.78 is 16.2. The number of fused-ring (bicyclic) bond motifs is 1. The Labute approximate surface area is 120 Å². The van der Waals surface area contributed by atoms with Gasteiger partial charge in [-0.25, -0.2) is 0 Å². The van der Waals surface area contributed by atoms with Crippen LogP contribution in [0.4, 0.5) is 11.4 Å². The van der Waals surface area contributed by atoms with E-state index in [4.69, 9.17) is 19.9 Å². The van der Waals surface area contributed by atoms with Crippen molar-refractivity contribution in [2.24, 2.45) is 5.41 Å². The minimum atomic E-state index is 0.135. The molecule has 0 fully saturated rings. The lowest BCUT2D eigenvalue weighted by Crippen LogP contribution is -2.25. The first-order valence-corrected chi connectivity index (χ1v) is 6.94. The highest BCUT2D eigenvalue weighted by Crippen LogP contribution is 2.37. The van der Waals surface area contributed by atoms with Crippen molar-refractivity contribution in [1.82, 2.24) is 0 Å². The zero-order chi connectivity index (χ0) is 14.6. The summed E-state index contributed by atoms with van der Waals surface area (Å²) in [6.07, 6.45) is 0.987. The molecule has 112 valence electrons. The van der Waals surface area contributed by atoms with Gasteiger partial charge in [0.2, 0.25) is 0 Å². The number of nitrogens with two attached hydrogens (primary N) is 1. The molecular formula is C15H24N2O3. The molecule has 3 N–H and O–H groups in total. The van der Waals surface area contributed by atoms with Crippen LogP contribution in [0.3, 0.4) is 0 Å². The van der Waals surface area contributed by atoms with E-state index in [9.17, 15) is 0 Å². The lowest BCUT2D eigenvalue weighted by molar-refractivity contribution is 0.157. The second-order valence-corrected chi connectivity index (χ2v) is 5.84. The van der Waals surface area contributed by atoms with Crippen LogP contribution in [-0.4, -0.2) is 33.5 Å². The third kappa shape index (κ3) is 3.70. The van der Waals surface area contributed by atoms with Gasteiger partial charge in [0.05, 0.1) is 11.4 Å². The fourth-order valence-corrected chi connectivity index (χ4v) is 2.06. The Kier molecular flexibility index (Phi) is 4.60. The molecule has 1 aromatic rings. The highest BCUT2D eigenvalue weighted by Gasteiger charge is 2.19. The molecule has 0 bridgehead atoms. The quantitative estimate of drug-likeness (QED) is 0.784. The Morgan fingerprint density at radius 3 is 2.55 bits per heavy atom. The van der Waals surface area contributed by atoms with E-state index in [2.05, 4.69) is 19.2 Å². The second-order valence-electron chi connectivity index (χ2n) is 5.84. The molecule has 2 rings (SSSR count). The summed E-state index contributed by atoms with van der Waals surface area (Å²) in [6, 6.07) is 3.73. The number of benzene rings is 1. The summed E-state index contributed by atoms with van der Waals surface area (Å²) in [7, 11) is 1.72. The van der Waals surface area contributed by atoms with E-state index in [1.165, 1.54) is 0 Å².